The monoisotopic (exact) mass is 318 g/mol. The number of halogens is 1. The molecule has 0 aliphatic heterocycles. The highest BCUT2D eigenvalue weighted by molar-refractivity contribution is 7.05. The first kappa shape index (κ1) is 13.8. The molecular formula is C14H11ClN4OS. The molecule has 0 aliphatic rings. The van der Waals surface area contributed by atoms with Gasteiger partial charge in [0.1, 0.15) is 5.49 Å². The first-order chi connectivity index (χ1) is 10.1. The lowest BCUT2D eigenvalue weighted by Crippen LogP contribution is -2.22. The number of nitrogens with one attached hydrogen (secondary N) is 2. The van der Waals surface area contributed by atoms with Gasteiger partial charge >= 0.3 is 0 Å². The fourth-order valence-corrected chi connectivity index (χ4v) is 2.67. The Labute approximate surface area is 129 Å². The zero-order chi connectivity index (χ0) is 14.8. The van der Waals surface area contributed by atoms with E-state index < -0.39 is 0 Å². The molecule has 0 aliphatic carbocycles. The number of H-pyrrole nitrogens is 1. The van der Waals surface area contributed by atoms with Gasteiger partial charge in [0.25, 0.3) is 5.56 Å². The molecule has 21 heavy (non-hydrogen) atoms. The van der Waals surface area contributed by atoms with Crippen LogP contribution in [0.1, 0.15) is 4.88 Å². The molecule has 0 bridgehead atoms. The number of aromatic nitrogens is 3. The Balaban J connectivity index is 1.98. The van der Waals surface area contributed by atoms with Crippen molar-refractivity contribution >= 4 is 23.1 Å². The summed E-state index contributed by atoms with van der Waals surface area (Å²) < 4.78 is 4.19. The number of rotatable bonds is 3. The summed E-state index contributed by atoms with van der Waals surface area (Å²) in [5.41, 5.74) is 1.84. The fourth-order valence-electron chi connectivity index (χ4n) is 1.90. The van der Waals surface area contributed by atoms with Crippen LogP contribution in [-0.4, -0.2) is 14.2 Å². The third kappa shape index (κ3) is 3.12. The maximum absolute atomic E-state index is 11.2. The summed E-state index contributed by atoms with van der Waals surface area (Å²) in [4.78, 5) is 12.0. The van der Waals surface area contributed by atoms with Crippen LogP contribution in [0.5, 0.6) is 0 Å². The highest BCUT2D eigenvalue weighted by Crippen LogP contribution is 2.18. The molecule has 3 aromatic rings. The van der Waals surface area contributed by atoms with Crippen LogP contribution >= 0.6 is 23.1 Å². The highest BCUT2D eigenvalue weighted by atomic mass is 35.5. The first-order valence-electron chi connectivity index (χ1n) is 6.18. The van der Waals surface area contributed by atoms with E-state index in [1.54, 1.807) is 28.9 Å². The lowest BCUT2D eigenvalue weighted by atomic mass is 10.1. The van der Waals surface area contributed by atoms with Crippen LogP contribution in [0.25, 0.3) is 11.3 Å². The molecule has 0 unspecified atom stereocenters. The van der Waals surface area contributed by atoms with Gasteiger partial charge in [-0.3, -0.25) is 14.6 Å². The van der Waals surface area contributed by atoms with Crippen LogP contribution in [0.2, 0.25) is 5.02 Å². The quantitative estimate of drug-likeness (QED) is 0.778. The second-order valence-electron chi connectivity index (χ2n) is 4.45. The topological polar surface area (TPSA) is 74.5 Å². The lowest BCUT2D eigenvalue weighted by molar-refractivity contribution is 0.628. The van der Waals surface area contributed by atoms with Gasteiger partial charge in [-0.1, -0.05) is 35.3 Å². The third-order valence-corrected chi connectivity index (χ3v) is 3.99. The van der Waals surface area contributed by atoms with Crippen molar-refractivity contribution in [3.05, 3.63) is 68.2 Å². The van der Waals surface area contributed by atoms with Gasteiger partial charge in [0.15, 0.2) is 0 Å². The average molecular weight is 319 g/mol. The Morgan fingerprint density at radius 3 is 2.67 bits per heavy atom. The normalized spacial score (nSPS) is 10.7. The number of hydrogen-bond acceptors (Lipinski definition) is 4. The minimum atomic E-state index is -0.129. The third-order valence-electron chi connectivity index (χ3n) is 2.93. The van der Waals surface area contributed by atoms with Crippen molar-refractivity contribution in [2.24, 2.45) is 0 Å². The molecule has 7 heteroatoms. The van der Waals surface area contributed by atoms with Crippen molar-refractivity contribution in [3.8, 4) is 11.3 Å². The second-order valence-corrected chi connectivity index (χ2v) is 5.82. The molecule has 0 radical (unpaired) electrons. The van der Waals surface area contributed by atoms with E-state index in [9.17, 15) is 4.79 Å². The van der Waals surface area contributed by atoms with Crippen LogP contribution in [-0.2, 0) is 6.54 Å². The van der Waals surface area contributed by atoms with E-state index in [1.165, 1.54) is 17.6 Å². The molecule has 3 rings (SSSR count). The van der Waals surface area contributed by atoms with Gasteiger partial charge in [-0.15, -0.1) is 0 Å². The molecule has 1 aromatic carbocycles. The summed E-state index contributed by atoms with van der Waals surface area (Å²) in [6.07, 6.45) is 0. The van der Waals surface area contributed by atoms with Gasteiger partial charge in [-0.2, -0.15) is 5.10 Å². The van der Waals surface area contributed by atoms with Crippen LogP contribution < -0.4 is 11.0 Å². The van der Waals surface area contributed by atoms with Crippen LogP contribution in [0.15, 0.2) is 47.3 Å². The van der Waals surface area contributed by atoms with Crippen molar-refractivity contribution in [3.63, 3.8) is 0 Å². The summed E-state index contributed by atoms with van der Waals surface area (Å²) in [5.74, 6) is 0. The summed E-state index contributed by atoms with van der Waals surface area (Å²) in [6, 6.07) is 12.4. The van der Waals surface area contributed by atoms with Crippen molar-refractivity contribution < 1.29 is 0 Å². The summed E-state index contributed by atoms with van der Waals surface area (Å²) in [7, 11) is 0. The van der Waals surface area contributed by atoms with Gasteiger partial charge in [-0.25, -0.2) is 4.68 Å². The number of aromatic amines is 1. The van der Waals surface area contributed by atoms with E-state index in [0.29, 0.717) is 11.6 Å². The molecule has 0 amide bonds. The molecule has 106 valence electrons. The second kappa shape index (κ2) is 5.67. The van der Waals surface area contributed by atoms with E-state index in [0.717, 1.165) is 16.1 Å². The molecular weight excluding hydrogens is 308 g/mol. The largest absolute Gasteiger partial charge is 0.283 e. The first-order valence-corrected chi connectivity index (χ1v) is 7.37. The Kier molecular flexibility index (Phi) is 3.72. The summed E-state index contributed by atoms with van der Waals surface area (Å²) in [5, 5.41) is 13.0. The van der Waals surface area contributed by atoms with Crippen LogP contribution in [0.4, 0.5) is 0 Å². The van der Waals surface area contributed by atoms with E-state index in [4.69, 9.17) is 17.0 Å². The SMILES string of the molecule is N=c1ccc(-c2ccc(Cl)cc2)nn1Cc1cc(=O)[nH]s1. The number of nitrogens with zero attached hydrogens (tertiary/aromatic N) is 2. The number of hydrogen-bond donors (Lipinski definition) is 2. The molecule has 0 saturated heterocycles. The molecule has 2 N–H and O–H groups in total. The standard InChI is InChI=1S/C14H11ClN4OS/c15-10-3-1-9(2-4-10)12-5-6-13(16)19(17-12)8-11-7-14(20)18-21-11/h1-7,16H,8H2,(H,18,20). The van der Waals surface area contributed by atoms with Gasteiger partial charge in [0, 0.05) is 21.5 Å². The minimum Gasteiger partial charge on any atom is -0.283 e. The summed E-state index contributed by atoms with van der Waals surface area (Å²) >= 11 is 7.14. The smallest absolute Gasteiger partial charge is 0.258 e. The van der Waals surface area contributed by atoms with Gasteiger partial charge < -0.3 is 0 Å². The molecule has 2 heterocycles. The Morgan fingerprint density at radius 1 is 1.24 bits per heavy atom. The van der Waals surface area contributed by atoms with E-state index in [2.05, 4.69) is 9.47 Å². The van der Waals surface area contributed by atoms with E-state index in [1.807, 2.05) is 12.1 Å². The van der Waals surface area contributed by atoms with Gasteiger partial charge in [-0.05, 0) is 24.3 Å². The fraction of sp³-hybridized carbons (Fsp3) is 0.0714. The maximum Gasteiger partial charge on any atom is 0.258 e. The highest BCUT2D eigenvalue weighted by Gasteiger charge is 2.04. The van der Waals surface area contributed by atoms with Crippen molar-refractivity contribution in [1.29, 1.82) is 5.41 Å². The van der Waals surface area contributed by atoms with Crippen molar-refractivity contribution in [1.82, 2.24) is 14.2 Å². The predicted molar refractivity (Wildman–Crippen MR) is 82.6 cm³/mol. The van der Waals surface area contributed by atoms with Crippen molar-refractivity contribution in [2.45, 2.75) is 6.54 Å². The molecule has 0 atom stereocenters. The Morgan fingerprint density at radius 2 is 2.00 bits per heavy atom. The van der Waals surface area contributed by atoms with E-state index in [-0.39, 0.29) is 11.0 Å². The molecule has 0 spiro atoms. The predicted octanol–water partition coefficient (Wildman–Crippen LogP) is 2.48. The maximum atomic E-state index is 11.2. The average Bonchev–Trinajstić information content (AvgIpc) is 2.88. The van der Waals surface area contributed by atoms with Gasteiger partial charge in [0.05, 0.1) is 12.2 Å². The zero-order valence-electron chi connectivity index (χ0n) is 10.8. The van der Waals surface area contributed by atoms with Crippen molar-refractivity contribution in [2.75, 3.05) is 0 Å². The molecule has 0 saturated carbocycles. The lowest BCUT2D eigenvalue weighted by Gasteiger charge is -2.07. The summed E-state index contributed by atoms with van der Waals surface area (Å²) in [6.45, 7) is 0.393. The van der Waals surface area contributed by atoms with Crippen LogP contribution in [0, 0.1) is 5.41 Å². The molecule has 5 nitrogen and oxygen atoms in total. The van der Waals surface area contributed by atoms with E-state index >= 15 is 0 Å². The Bertz CT molecular complexity index is 879. The minimum absolute atomic E-state index is 0.129. The molecule has 0 fully saturated rings. The van der Waals surface area contributed by atoms with Crippen LogP contribution in [0.3, 0.4) is 0 Å². The Hall–Kier alpha value is -2.18. The van der Waals surface area contributed by atoms with Gasteiger partial charge in [0.2, 0.25) is 0 Å². The molecule has 2 aromatic heterocycles. The zero-order valence-corrected chi connectivity index (χ0v) is 12.4. The number of benzene rings is 1.